The minimum Gasteiger partial charge on any atom is -0.309 e. The van der Waals surface area contributed by atoms with Crippen LogP contribution in [0.4, 0.5) is 0 Å². The zero-order chi connectivity index (χ0) is 35.5. The van der Waals surface area contributed by atoms with Gasteiger partial charge in [0.1, 0.15) is 8.07 Å². The first-order valence-corrected chi connectivity index (χ1v) is 22.1. The van der Waals surface area contributed by atoms with E-state index >= 15 is 0 Å². The molecule has 0 N–H and O–H groups in total. The largest absolute Gasteiger partial charge is 0.309 e. The van der Waals surface area contributed by atoms with E-state index < -0.39 is 8.07 Å². The van der Waals surface area contributed by atoms with E-state index in [2.05, 4.69) is 192 Å². The lowest BCUT2D eigenvalue weighted by molar-refractivity contribution is 0.794. The quantitative estimate of drug-likeness (QED) is 0.159. The van der Waals surface area contributed by atoms with Gasteiger partial charge in [0.25, 0.3) is 0 Å². The summed E-state index contributed by atoms with van der Waals surface area (Å²) in [5.41, 5.74) is 18.4. The maximum absolute atomic E-state index is 2.58. The Bertz CT molecular complexity index is 3260. The lowest BCUT2D eigenvalue weighted by atomic mass is 9.70. The van der Waals surface area contributed by atoms with Crippen molar-refractivity contribution in [3.05, 3.63) is 192 Å². The van der Waals surface area contributed by atoms with E-state index in [4.69, 9.17) is 0 Å². The van der Waals surface area contributed by atoms with Crippen LogP contribution in [0.2, 0.25) is 13.1 Å². The van der Waals surface area contributed by atoms with Crippen molar-refractivity contribution in [2.24, 2.45) is 0 Å². The minimum atomic E-state index is -2.20. The van der Waals surface area contributed by atoms with Gasteiger partial charge >= 0.3 is 0 Å². The summed E-state index contributed by atoms with van der Waals surface area (Å²) in [6.45, 7) is 5.16. The van der Waals surface area contributed by atoms with E-state index in [0.717, 1.165) is 0 Å². The second-order valence-electron chi connectivity index (χ2n) is 16.0. The van der Waals surface area contributed by atoms with E-state index in [1.807, 2.05) is 0 Å². The first-order chi connectivity index (χ1) is 26.6. The monoisotopic (exact) mass is 702 g/mol. The average molecular weight is 703 g/mol. The molecule has 8 aromatic carbocycles. The third-order valence-corrected chi connectivity index (χ3v) is 16.8. The lowest BCUT2D eigenvalue weighted by Gasteiger charge is -2.32. The molecule has 1 aliphatic heterocycles. The van der Waals surface area contributed by atoms with Crippen molar-refractivity contribution in [3.8, 4) is 33.6 Å². The fourth-order valence-electron chi connectivity index (χ4n) is 11.2. The number of hydrogen-bond donors (Lipinski definition) is 0. The molecule has 3 heteroatoms. The van der Waals surface area contributed by atoms with E-state index in [1.165, 1.54) is 105 Å². The predicted octanol–water partition coefficient (Wildman–Crippen LogP) is 11.4. The minimum absolute atomic E-state index is 0.356. The second-order valence-corrected chi connectivity index (χ2v) is 20.3. The summed E-state index contributed by atoms with van der Waals surface area (Å²) in [7, 11) is -2.20. The summed E-state index contributed by atoms with van der Waals surface area (Å²) in [6.07, 6.45) is 0. The van der Waals surface area contributed by atoms with Crippen molar-refractivity contribution in [1.82, 2.24) is 9.13 Å². The zero-order valence-corrected chi connectivity index (χ0v) is 31.1. The van der Waals surface area contributed by atoms with Gasteiger partial charge in [-0.25, -0.2) is 0 Å². The molecule has 3 aliphatic rings. The van der Waals surface area contributed by atoms with E-state index in [-0.39, 0.29) is 5.41 Å². The summed E-state index contributed by atoms with van der Waals surface area (Å²) in [4.78, 5) is 0. The van der Waals surface area contributed by atoms with Crippen molar-refractivity contribution >= 4 is 62.1 Å². The van der Waals surface area contributed by atoms with Crippen LogP contribution in [0.5, 0.6) is 0 Å². The molecule has 54 heavy (non-hydrogen) atoms. The molecule has 0 saturated heterocycles. The molecule has 0 unspecified atom stereocenters. The molecule has 0 atom stereocenters. The lowest BCUT2D eigenvalue weighted by Crippen LogP contribution is -2.53. The number of nitrogens with zero attached hydrogens (tertiary/aromatic N) is 2. The van der Waals surface area contributed by atoms with Crippen molar-refractivity contribution in [1.29, 1.82) is 0 Å². The molecular weight excluding hydrogens is 669 g/mol. The molecule has 0 saturated carbocycles. The fourth-order valence-corrected chi connectivity index (χ4v) is 14.3. The van der Waals surface area contributed by atoms with Gasteiger partial charge in [-0.05, 0) is 103 Å². The number of hydrogen-bond acceptors (Lipinski definition) is 0. The highest BCUT2D eigenvalue weighted by Crippen LogP contribution is 2.64. The number of benzene rings is 8. The van der Waals surface area contributed by atoms with Gasteiger partial charge in [0.2, 0.25) is 0 Å². The Morgan fingerprint density at radius 1 is 0.389 bits per heavy atom. The topological polar surface area (TPSA) is 9.86 Å². The summed E-state index contributed by atoms with van der Waals surface area (Å²) >= 11 is 0. The smallest absolute Gasteiger partial charge is 0.113 e. The Balaban J connectivity index is 1.19. The number of aromatic nitrogens is 2. The van der Waals surface area contributed by atoms with Crippen LogP contribution in [0, 0.1) is 0 Å². The maximum Gasteiger partial charge on any atom is 0.113 e. The summed E-state index contributed by atoms with van der Waals surface area (Å²) in [6, 6.07) is 64.5. The second kappa shape index (κ2) is 9.76. The summed E-state index contributed by atoms with van der Waals surface area (Å²) in [5, 5.41) is 8.48. The highest BCUT2D eigenvalue weighted by molar-refractivity contribution is 7.03. The van der Waals surface area contributed by atoms with Crippen molar-refractivity contribution in [3.63, 3.8) is 0 Å². The van der Waals surface area contributed by atoms with Crippen LogP contribution >= 0.6 is 0 Å². The molecular formula is C51H34N2Si. The fraction of sp³-hybridized carbons (Fsp3) is 0.0588. The molecule has 2 aliphatic carbocycles. The van der Waals surface area contributed by atoms with Gasteiger partial charge in [-0.15, -0.1) is 0 Å². The molecule has 2 nitrogen and oxygen atoms in total. The Kier molecular flexibility index (Phi) is 5.25. The Morgan fingerprint density at radius 3 is 1.78 bits per heavy atom. The molecule has 2 aromatic heterocycles. The molecule has 252 valence electrons. The van der Waals surface area contributed by atoms with Crippen LogP contribution in [0.15, 0.2) is 170 Å². The average Bonchev–Trinajstić information content (AvgIpc) is 3.91. The van der Waals surface area contributed by atoms with Gasteiger partial charge < -0.3 is 9.13 Å². The molecule has 10 aromatic rings. The van der Waals surface area contributed by atoms with E-state index in [0.29, 0.717) is 0 Å². The zero-order valence-electron chi connectivity index (χ0n) is 30.1. The van der Waals surface area contributed by atoms with Crippen molar-refractivity contribution < 1.29 is 0 Å². The molecule has 3 heterocycles. The Morgan fingerprint density at radius 2 is 0.963 bits per heavy atom. The SMILES string of the molecule is C[Si]1(C)c2cccc3c2-c2c(ccc4c2c2c1cccc2n4-c1ccc2c(c1)c1ccccc1n2-c1ccccc1)C31c2ccccc2-c2ccccc21. The van der Waals surface area contributed by atoms with Crippen molar-refractivity contribution in [2.75, 3.05) is 0 Å². The highest BCUT2D eigenvalue weighted by Gasteiger charge is 2.54. The van der Waals surface area contributed by atoms with Crippen LogP contribution in [0.3, 0.4) is 0 Å². The van der Waals surface area contributed by atoms with Gasteiger partial charge in [0, 0.05) is 32.9 Å². The third-order valence-electron chi connectivity index (χ3n) is 13.3. The van der Waals surface area contributed by atoms with Gasteiger partial charge in [-0.3, -0.25) is 0 Å². The van der Waals surface area contributed by atoms with Gasteiger partial charge in [-0.1, -0.05) is 134 Å². The molecule has 0 bridgehead atoms. The van der Waals surface area contributed by atoms with Gasteiger partial charge in [-0.2, -0.15) is 0 Å². The van der Waals surface area contributed by atoms with Crippen LogP contribution in [0.25, 0.3) is 77.2 Å². The molecule has 0 fully saturated rings. The number of rotatable bonds is 2. The standard InChI is InChI=1S/C51H34N2Si/c1-54(2)45-24-12-21-39-47(45)48-40(51(39)37-19-9-6-16-33(37)34-17-7-10-20-38(34)51)27-29-44-50(48)49-43(23-13-25-46(49)54)53(44)32-26-28-42-36(30-32)35-18-8-11-22-41(35)52(42)31-14-4-3-5-15-31/h3-30H,1-2H3. The van der Waals surface area contributed by atoms with Crippen LogP contribution in [-0.4, -0.2) is 17.2 Å². The normalized spacial score (nSPS) is 15.1. The first-order valence-electron chi connectivity index (χ1n) is 19.1. The Hall–Kier alpha value is -6.42. The molecule has 0 radical (unpaired) electrons. The van der Waals surface area contributed by atoms with Crippen molar-refractivity contribution in [2.45, 2.75) is 18.5 Å². The third kappa shape index (κ3) is 3.19. The van der Waals surface area contributed by atoms with Crippen LogP contribution in [-0.2, 0) is 5.41 Å². The predicted molar refractivity (Wildman–Crippen MR) is 228 cm³/mol. The maximum atomic E-state index is 2.58. The van der Waals surface area contributed by atoms with E-state index in [9.17, 15) is 0 Å². The first kappa shape index (κ1) is 29.1. The number of para-hydroxylation sites is 2. The number of fused-ring (bicyclic) bond motifs is 10. The van der Waals surface area contributed by atoms with Crippen LogP contribution in [0.1, 0.15) is 22.3 Å². The van der Waals surface area contributed by atoms with E-state index in [1.54, 1.807) is 5.19 Å². The summed E-state index contributed by atoms with van der Waals surface area (Å²) in [5.74, 6) is 0. The molecule has 13 rings (SSSR count). The highest BCUT2D eigenvalue weighted by atomic mass is 28.3. The molecule has 0 amide bonds. The summed E-state index contributed by atoms with van der Waals surface area (Å²) < 4.78 is 4.98. The van der Waals surface area contributed by atoms with Crippen LogP contribution < -0.4 is 10.4 Å². The van der Waals surface area contributed by atoms with Gasteiger partial charge in [0.15, 0.2) is 0 Å². The Labute approximate surface area is 314 Å². The van der Waals surface area contributed by atoms with Gasteiger partial charge in [0.05, 0.1) is 27.5 Å². The molecule has 1 spiro atoms.